The van der Waals surface area contributed by atoms with Gasteiger partial charge < -0.3 is 4.42 Å². The highest BCUT2D eigenvalue weighted by Gasteiger charge is 2.03. The molecule has 1 aromatic heterocycles. The molecule has 0 fully saturated rings. The highest BCUT2D eigenvalue weighted by atomic mass is 79.9. The molecule has 0 atom stereocenters. The van der Waals surface area contributed by atoms with Gasteiger partial charge in [0.1, 0.15) is 11.4 Å². The molecule has 0 unspecified atom stereocenters. The number of benzene rings is 1. The molecule has 0 aliphatic carbocycles. The van der Waals surface area contributed by atoms with Crippen molar-refractivity contribution in [2.75, 3.05) is 0 Å². The molecule has 0 aliphatic rings. The van der Waals surface area contributed by atoms with Crippen molar-refractivity contribution in [1.82, 2.24) is 0 Å². The minimum Gasteiger partial charge on any atom is -0.423 e. The maximum Gasteiger partial charge on any atom is 0.337 e. The topological polar surface area (TPSA) is 30.2 Å². The largest absolute Gasteiger partial charge is 0.423 e. The summed E-state index contributed by atoms with van der Waals surface area (Å²) in [4.78, 5) is 10.9. The first-order valence-electron chi connectivity index (χ1n) is 3.56. The van der Waals surface area contributed by atoms with Gasteiger partial charge in [-0.3, -0.25) is 0 Å². The highest BCUT2D eigenvalue weighted by Crippen LogP contribution is 2.22. The third-order valence-corrected chi connectivity index (χ3v) is 2.31. The third kappa shape index (κ3) is 1.49. The fourth-order valence-electron chi connectivity index (χ4n) is 1.10. The van der Waals surface area contributed by atoms with E-state index in [0.29, 0.717) is 15.4 Å². The normalized spacial score (nSPS) is 10.6. The van der Waals surface area contributed by atoms with E-state index in [4.69, 9.17) is 4.42 Å². The minimum atomic E-state index is -0.453. The van der Waals surface area contributed by atoms with Gasteiger partial charge in [-0.2, -0.15) is 0 Å². The zero-order chi connectivity index (χ0) is 9.42. The van der Waals surface area contributed by atoms with Crippen molar-refractivity contribution in [3.63, 3.8) is 0 Å². The average molecular weight is 243 g/mol. The van der Waals surface area contributed by atoms with Crippen molar-refractivity contribution in [1.29, 1.82) is 0 Å². The van der Waals surface area contributed by atoms with Gasteiger partial charge in [-0.1, -0.05) is 0 Å². The Morgan fingerprint density at radius 1 is 1.31 bits per heavy atom. The molecule has 0 saturated carbocycles. The zero-order valence-electron chi connectivity index (χ0n) is 6.38. The predicted molar refractivity (Wildman–Crippen MR) is 50.1 cm³/mol. The van der Waals surface area contributed by atoms with Crippen LogP contribution in [0.15, 0.2) is 37.9 Å². The van der Waals surface area contributed by atoms with Crippen molar-refractivity contribution in [3.05, 3.63) is 45.0 Å². The predicted octanol–water partition coefficient (Wildman–Crippen LogP) is 2.69. The van der Waals surface area contributed by atoms with Crippen LogP contribution in [0.1, 0.15) is 0 Å². The summed E-state index contributed by atoms with van der Waals surface area (Å²) < 4.78 is 18.2. The Kier molecular flexibility index (Phi) is 1.92. The smallest absolute Gasteiger partial charge is 0.337 e. The van der Waals surface area contributed by atoms with Gasteiger partial charge in [0.15, 0.2) is 0 Å². The molecule has 0 radical (unpaired) electrons. The summed E-state index contributed by atoms with van der Waals surface area (Å²) in [7, 11) is 0. The van der Waals surface area contributed by atoms with Gasteiger partial charge in [-0.05, 0) is 34.1 Å². The molecule has 66 valence electrons. The lowest BCUT2D eigenvalue weighted by Crippen LogP contribution is -1.96. The molecule has 0 bridgehead atoms. The van der Waals surface area contributed by atoms with Gasteiger partial charge in [0.2, 0.25) is 0 Å². The molecule has 2 rings (SSSR count). The van der Waals surface area contributed by atoms with Gasteiger partial charge in [-0.25, -0.2) is 9.18 Å². The third-order valence-electron chi connectivity index (χ3n) is 1.65. The van der Waals surface area contributed by atoms with Gasteiger partial charge in [0.25, 0.3) is 0 Å². The van der Waals surface area contributed by atoms with Crippen molar-refractivity contribution in [3.8, 4) is 0 Å². The molecule has 0 aliphatic heterocycles. The number of fused-ring (bicyclic) bond motifs is 1. The molecule has 0 saturated heterocycles. The number of rotatable bonds is 0. The van der Waals surface area contributed by atoms with E-state index < -0.39 is 5.63 Å². The first-order chi connectivity index (χ1) is 6.16. The standard InChI is InChI=1S/C9H4BrFO2/c10-7-4-9(12)13-8-2-1-5(11)3-6(7)8/h1-4H. The molecule has 13 heavy (non-hydrogen) atoms. The molecule has 2 nitrogen and oxygen atoms in total. The van der Waals surface area contributed by atoms with E-state index in [1.807, 2.05) is 0 Å². The monoisotopic (exact) mass is 242 g/mol. The lowest BCUT2D eigenvalue weighted by Gasteiger charge is -1.97. The summed E-state index contributed by atoms with van der Waals surface area (Å²) in [6, 6.07) is 5.25. The Labute approximate surface area is 81.1 Å². The molecule has 0 N–H and O–H groups in total. The Bertz CT molecular complexity index is 518. The van der Waals surface area contributed by atoms with Gasteiger partial charge in [-0.15, -0.1) is 0 Å². The quantitative estimate of drug-likeness (QED) is 0.666. The van der Waals surface area contributed by atoms with Gasteiger partial charge in [0.05, 0.1) is 0 Å². The van der Waals surface area contributed by atoms with Crippen LogP contribution in [-0.4, -0.2) is 0 Å². The Hall–Kier alpha value is -1.16. The maximum atomic E-state index is 12.8. The highest BCUT2D eigenvalue weighted by molar-refractivity contribution is 9.10. The van der Waals surface area contributed by atoms with Gasteiger partial charge in [0, 0.05) is 15.9 Å². The summed E-state index contributed by atoms with van der Waals surface area (Å²) in [6.07, 6.45) is 0. The molecule has 0 amide bonds. The van der Waals surface area contributed by atoms with Crippen LogP contribution >= 0.6 is 15.9 Å². The summed E-state index contributed by atoms with van der Waals surface area (Å²) in [5, 5.41) is 0.555. The van der Waals surface area contributed by atoms with Gasteiger partial charge >= 0.3 is 5.63 Å². The first-order valence-corrected chi connectivity index (χ1v) is 4.35. The van der Waals surface area contributed by atoms with Crippen LogP contribution in [-0.2, 0) is 0 Å². The number of hydrogen-bond acceptors (Lipinski definition) is 2. The van der Waals surface area contributed by atoms with Crippen LogP contribution in [0.2, 0.25) is 0 Å². The fourth-order valence-corrected chi connectivity index (χ4v) is 1.59. The van der Waals surface area contributed by atoms with Crippen LogP contribution in [0.5, 0.6) is 0 Å². The minimum absolute atomic E-state index is 0.359. The van der Waals surface area contributed by atoms with Crippen molar-refractivity contribution in [2.45, 2.75) is 0 Å². The lowest BCUT2D eigenvalue weighted by atomic mass is 10.2. The lowest BCUT2D eigenvalue weighted by molar-refractivity contribution is 0.557. The second kappa shape index (κ2) is 2.96. The van der Waals surface area contributed by atoms with E-state index in [0.717, 1.165) is 0 Å². The zero-order valence-corrected chi connectivity index (χ0v) is 7.97. The molecular formula is C9H4BrFO2. The van der Waals surface area contributed by atoms with Crippen molar-refractivity contribution in [2.24, 2.45) is 0 Å². The number of halogens is 2. The fraction of sp³-hybridized carbons (Fsp3) is 0. The molecule has 0 spiro atoms. The molecule has 2 aromatic rings. The second-order valence-corrected chi connectivity index (χ2v) is 3.41. The van der Waals surface area contributed by atoms with Crippen LogP contribution in [0.4, 0.5) is 4.39 Å². The molecule has 1 heterocycles. The first kappa shape index (κ1) is 8.44. The molecule has 4 heteroatoms. The van der Waals surface area contributed by atoms with Crippen LogP contribution in [0.25, 0.3) is 11.0 Å². The van der Waals surface area contributed by atoms with E-state index in [2.05, 4.69) is 15.9 Å². The Balaban J connectivity index is 2.95. The summed E-state index contributed by atoms with van der Waals surface area (Å²) in [5.41, 5.74) is -0.0771. The maximum absolute atomic E-state index is 12.8. The average Bonchev–Trinajstić information content (AvgIpc) is 2.06. The summed E-state index contributed by atoms with van der Waals surface area (Å²) >= 11 is 3.16. The van der Waals surface area contributed by atoms with Crippen molar-refractivity contribution < 1.29 is 8.81 Å². The van der Waals surface area contributed by atoms with Crippen LogP contribution < -0.4 is 5.63 Å². The summed E-state index contributed by atoms with van der Waals surface area (Å²) in [6.45, 7) is 0. The molecular weight excluding hydrogens is 239 g/mol. The Morgan fingerprint density at radius 2 is 2.08 bits per heavy atom. The van der Waals surface area contributed by atoms with Crippen LogP contribution in [0.3, 0.4) is 0 Å². The van der Waals surface area contributed by atoms with Crippen LogP contribution in [0, 0.1) is 5.82 Å². The van der Waals surface area contributed by atoms with E-state index in [1.54, 1.807) is 0 Å². The SMILES string of the molecule is O=c1cc(Br)c2cc(F)ccc2o1. The summed E-state index contributed by atoms with van der Waals surface area (Å²) in [5.74, 6) is -0.359. The van der Waals surface area contributed by atoms with E-state index >= 15 is 0 Å². The van der Waals surface area contributed by atoms with E-state index in [1.165, 1.54) is 24.3 Å². The number of hydrogen-bond donors (Lipinski definition) is 0. The van der Waals surface area contributed by atoms with E-state index in [-0.39, 0.29) is 5.82 Å². The van der Waals surface area contributed by atoms with E-state index in [9.17, 15) is 9.18 Å². The molecule has 1 aromatic carbocycles. The second-order valence-electron chi connectivity index (χ2n) is 2.55. The van der Waals surface area contributed by atoms with Crippen molar-refractivity contribution >= 4 is 26.9 Å². The Morgan fingerprint density at radius 3 is 2.85 bits per heavy atom.